The van der Waals surface area contributed by atoms with Crippen molar-refractivity contribution >= 4 is 5.78 Å². The van der Waals surface area contributed by atoms with Crippen LogP contribution in [0, 0.1) is 0 Å². The van der Waals surface area contributed by atoms with Crippen LogP contribution in [0.2, 0.25) is 0 Å². The fourth-order valence-electron chi connectivity index (χ4n) is 2.51. The van der Waals surface area contributed by atoms with E-state index in [0.717, 1.165) is 11.3 Å². The molecule has 0 radical (unpaired) electrons. The zero-order valence-electron chi connectivity index (χ0n) is 12.7. The zero-order valence-corrected chi connectivity index (χ0v) is 12.7. The predicted octanol–water partition coefficient (Wildman–Crippen LogP) is 3.64. The molecular weight excluding hydrogens is 284 g/mol. The van der Waals surface area contributed by atoms with E-state index in [1.165, 1.54) is 0 Å². The number of nitrogens with one attached hydrogen (secondary N) is 1. The molecule has 0 saturated heterocycles. The lowest BCUT2D eigenvalue weighted by molar-refractivity contribution is 0.0988. The van der Waals surface area contributed by atoms with Crippen LogP contribution in [-0.2, 0) is 0 Å². The van der Waals surface area contributed by atoms with Gasteiger partial charge in [-0.2, -0.15) is 0 Å². The highest BCUT2D eigenvalue weighted by Gasteiger charge is 2.16. The van der Waals surface area contributed by atoms with Gasteiger partial charge in [0.25, 0.3) is 0 Å². The number of hydrogen-bond donors (Lipinski definition) is 1. The second-order valence-corrected chi connectivity index (χ2v) is 5.27. The van der Waals surface area contributed by atoms with Crippen molar-refractivity contribution in [2.75, 3.05) is 6.54 Å². The van der Waals surface area contributed by atoms with Crippen LogP contribution in [0.25, 0.3) is 0 Å². The number of nitrogens with zero attached hydrogens (tertiary/aromatic N) is 1. The van der Waals surface area contributed by atoms with Crippen LogP contribution in [0.5, 0.6) is 0 Å². The number of ketones is 1. The maximum Gasteiger partial charge on any atom is 0.176 e. The Bertz CT molecular complexity index is 703. The van der Waals surface area contributed by atoms with Crippen molar-refractivity contribution in [2.45, 2.75) is 6.04 Å². The molecule has 0 saturated carbocycles. The van der Waals surface area contributed by atoms with E-state index in [4.69, 9.17) is 0 Å². The molecule has 0 spiro atoms. The zero-order chi connectivity index (χ0) is 15.9. The van der Waals surface area contributed by atoms with E-state index < -0.39 is 0 Å². The number of carbonyl (C=O) groups excluding carboxylic acids is 1. The lowest BCUT2D eigenvalue weighted by Crippen LogP contribution is -2.29. The number of carbonyl (C=O) groups is 1. The van der Waals surface area contributed by atoms with Gasteiger partial charge >= 0.3 is 0 Å². The summed E-state index contributed by atoms with van der Waals surface area (Å²) in [7, 11) is 0. The number of hydrogen-bond acceptors (Lipinski definition) is 3. The molecule has 1 unspecified atom stereocenters. The Morgan fingerprint density at radius 1 is 0.870 bits per heavy atom. The Hall–Kier alpha value is -2.78. The van der Waals surface area contributed by atoms with Crippen molar-refractivity contribution < 1.29 is 4.79 Å². The van der Waals surface area contributed by atoms with Gasteiger partial charge in [0.1, 0.15) is 0 Å². The number of pyridine rings is 1. The number of aromatic nitrogens is 1. The summed E-state index contributed by atoms with van der Waals surface area (Å²) in [6, 6.07) is 25.1. The quantitative estimate of drug-likeness (QED) is 0.707. The van der Waals surface area contributed by atoms with Gasteiger partial charge in [-0.1, -0.05) is 66.7 Å². The van der Waals surface area contributed by atoms with Gasteiger partial charge in [-0.3, -0.25) is 15.1 Å². The van der Waals surface area contributed by atoms with Gasteiger partial charge < -0.3 is 0 Å². The molecule has 114 valence electrons. The van der Waals surface area contributed by atoms with Gasteiger partial charge in [0, 0.05) is 11.8 Å². The topological polar surface area (TPSA) is 42.0 Å². The number of benzene rings is 2. The summed E-state index contributed by atoms with van der Waals surface area (Å²) in [5.41, 5.74) is 2.71. The second kappa shape index (κ2) is 7.47. The van der Waals surface area contributed by atoms with Gasteiger partial charge in [-0.05, 0) is 17.7 Å². The van der Waals surface area contributed by atoms with Gasteiger partial charge in [-0.25, -0.2) is 0 Å². The molecule has 1 heterocycles. The third-order valence-electron chi connectivity index (χ3n) is 3.68. The minimum absolute atomic E-state index is 0.0717. The average molecular weight is 302 g/mol. The second-order valence-electron chi connectivity index (χ2n) is 5.27. The van der Waals surface area contributed by atoms with Crippen molar-refractivity contribution in [3.8, 4) is 0 Å². The SMILES string of the molecule is O=C(CNC(c1ccccc1)c1ccccn1)c1ccccc1. The Labute approximate surface area is 136 Å². The summed E-state index contributed by atoms with van der Waals surface area (Å²) in [6.45, 7) is 0.264. The molecule has 1 aromatic heterocycles. The molecule has 0 aliphatic rings. The molecule has 0 amide bonds. The number of rotatable bonds is 6. The first-order valence-electron chi connectivity index (χ1n) is 7.62. The summed E-state index contributed by atoms with van der Waals surface area (Å²) in [6.07, 6.45) is 1.77. The third-order valence-corrected chi connectivity index (χ3v) is 3.68. The highest BCUT2D eigenvalue weighted by atomic mass is 16.1. The van der Waals surface area contributed by atoms with Gasteiger partial charge in [-0.15, -0.1) is 0 Å². The summed E-state index contributed by atoms with van der Waals surface area (Å²) in [5, 5.41) is 3.34. The average Bonchev–Trinajstić information content (AvgIpc) is 2.64. The molecule has 0 fully saturated rings. The van der Waals surface area contributed by atoms with Crippen molar-refractivity contribution in [3.05, 3.63) is 102 Å². The van der Waals surface area contributed by atoms with Crippen molar-refractivity contribution in [1.29, 1.82) is 0 Å². The predicted molar refractivity (Wildman–Crippen MR) is 91.3 cm³/mol. The van der Waals surface area contributed by atoms with Crippen molar-refractivity contribution in [1.82, 2.24) is 10.3 Å². The standard InChI is InChI=1S/C20H18N2O/c23-19(16-9-3-1-4-10-16)15-22-20(17-11-5-2-6-12-17)18-13-7-8-14-21-18/h1-14,20,22H,15H2. The summed E-state index contributed by atoms with van der Waals surface area (Å²) < 4.78 is 0. The van der Waals surface area contributed by atoms with E-state index in [1.807, 2.05) is 78.9 Å². The molecule has 23 heavy (non-hydrogen) atoms. The largest absolute Gasteiger partial charge is 0.298 e. The van der Waals surface area contributed by atoms with E-state index in [1.54, 1.807) is 6.20 Å². The third kappa shape index (κ3) is 3.90. The normalized spacial score (nSPS) is 11.8. The van der Waals surface area contributed by atoms with Gasteiger partial charge in [0.05, 0.1) is 18.3 Å². The van der Waals surface area contributed by atoms with Crippen LogP contribution >= 0.6 is 0 Å². The molecule has 3 heteroatoms. The van der Waals surface area contributed by atoms with Crippen LogP contribution in [0.4, 0.5) is 0 Å². The molecule has 0 bridgehead atoms. The highest BCUT2D eigenvalue weighted by molar-refractivity contribution is 5.97. The summed E-state index contributed by atoms with van der Waals surface area (Å²) >= 11 is 0. The Balaban J connectivity index is 1.79. The monoisotopic (exact) mass is 302 g/mol. The van der Waals surface area contributed by atoms with E-state index in [-0.39, 0.29) is 18.4 Å². The first-order valence-corrected chi connectivity index (χ1v) is 7.62. The van der Waals surface area contributed by atoms with Gasteiger partial charge in [0.2, 0.25) is 0 Å². The fourth-order valence-corrected chi connectivity index (χ4v) is 2.51. The molecule has 1 atom stereocenters. The number of Topliss-reactive ketones (excluding diaryl/α,β-unsaturated/α-hetero) is 1. The smallest absolute Gasteiger partial charge is 0.176 e. The minimum atomic E-state index is -0.106. The molecule has 3 aromatic rings. The van der Waals surface area contributed by atoms with Crippen LogP contribution in [-0.4, -0.2) is 17.3 Å². The first kappa shape index (κ1) is 15.1. The van der Waals surface area contributed by atoms with E-state index >= 15 is 0 Å². The van der Waals surface area contributed by atoms with Crippen LogP contribution in [0.1, 0.15) is 27.7 Å². The van der Waals surface area contributed by atoms with Crippen LogP contribution in [0.3, 0.4) is 0 Å². The van der Waals surface area contributed by atoms with E-state index in [9.17, 15) is 4.79 Å². The van der Waals surface area contributed by atoms with E-state index in [2.05, 4.69) is 10.3 Å². The molecule has 3 nitrogen and oxygen atoms in total. The maximum absolute atomic E-state index is 12.3. The van der Waals surface area contributed by atoms with Crippen LogP contribution < -0.4 is 5.32 Å². The molecule has 2 aromatic carbocycles. The Morgan fingerprint density at radius 2 is 1.52 bits per heavy atom. The highest BCUT2D eigenvalue weighted by Crippen LogP contribution is 2.19. The van der Waals surface area contributed by atoms with E-state index in [0.29, 0.717) is 5.56 Å². The molecule has 1 N–H and O–H groups in total. The lowest BCUT2D eigenvalue weighted by atomic mass is 10.0. The lowest BCUT2D eigenvalue weighted by Gasteiger charge is -2.18. The Morgan fingerprint density at radius 3 is 2.17 bits per heavy atom. The molecule has 3 rings (SSSR count). The van der Waals surface area contributed by atoms with Crippen molar-refractivity contribution in [3.63, 3.8) is 0 Å². The minimum Gasteiger partial charge on any atom is -0.298 e. The fraction of sp³-hybridized carbons (Fsp3) is 0.100. The van der Waals surface area contributed by atoms with Crippen LogP contribution in [0.15, 0.2) is 85.1 Å². The summed E-state index contributed by atoms with van der Waals surface area (Å²) in [4.78, 5) is 16.8. The molecular formula is C20H18N2O. The first-order chi connectivity index (χ1) is 11.3. The Kier molecular flexibility index (Phi) is 4.92. The van der Waals surface area contributed by atoms with Crippen molar-refractivity contribution in [2.24, 2.45) is 0 Å². The molecule has 0 aliphatic carbocycles. The molecule has 0 aliphatic heterocycles. The van der Waals surface area contributed by atoms with Gasteiger partial charge in [0.15, 0.2) is 5.78 Å². The summed E-state index contributed by atoms with van der Waals surface area (Å²) in [5.74, 6) is 0.0717. The maximum atomic E-state index is 12.3.